The van der Waals surface area contributed by atoms with E-state index < -0.39 is 0 Å². The van der Waals surface area contributed by atoms with Gasteiger partial charge in [0.05, 0.1) is 0 Å². The molecule has 9 heavy (non-hydrogen) atoms. The van der Waals surface area contributed by atoms with E-state index in [0.717, 1.165) is 6.54 Å². The molecule has 0 bridgehead atoms. The Hall–Kier alpha value is -0.980. The first-order valence-corrected chi connectivity index (χ1v) is 3.05. The van der Waals surface area contributed by atoms with Crippen LogP contribution in [0.5, 0.6) is 0 Å². The van der Waals surface area contributed by atoms with Gasteiger partial charge >= 0.3 is 0 Å². The van der Waals surface area contributed by atoms with Crippen molar-refractivity contribution in [3.05, 3.63) is 36.7 Å². The second-order valence-corrected chi connectivity index (χ2v) is 2.21. The fourth-order valence-electron chi connectivity index (χ4n) is 0.837. The molecule has 1 aliphatic heterocycles. The van der Waals surface area contributed by atoms with Gasteiger partial charge in [0.2, 0.25) is 0 Å². The average molecular weight is 121 g/mol. The van der Waals surface area contributed by atoms with Crippen molar-refractivity contribution in [1.29, 1.82) is 0 Å². The van der Waals surface area contributed by atoms with Crippen molar-refractivity contribution in [1.82, 2.24) is 4.90 Å². The quantitative estimate of drug-likeness (QED) is 0.512. The minimum atomic E-state index is 0.986. The molecule has 1 heterocycles. The maximum atomic E-state index is 3.67. The van der Waals surface area contributed by atoms with E-state index in [1.54, 1.807) is 0 Å². The van der Waals surface area contributed by atoms with E-state index in [9.17, 15) is 0 Å². The third kappa shape index (κ3) is 1.46. The Balaban J connectivity index is 2.61. The zero-order valence-electron chi connectivity index (χ0n) is 5.67. The third-order valence-electron chi connectivity index (χ3n) is 1.32. The zero-order valence-corrected chi connectivity index (χ0v) is 5.67. The summed E-state index contributed by atoms with van der Waals surface area (Å²) < 4.78 is 0. The smallest absolute Gasteiger partial charge is 0.0429 e. The summed E-state index contributed by atoms with van der Waals surface area (Å²) in [5.41, 5.74) is 1.37. The molecule has 0 aromatic carbocycles. The van der Waals surface area contributed by atoms with Crippen LogP contribution in [0.4, 0.5) is 0 Å². The first-order chi connectivity index (χ1) is 4.33. The zero-order chi connectivity index (χ0) is 6.69. The Morgan fingerprint density at radius 2 is 2.56 bits per heavy atom. The molecule has 0 amide bonds. The SMILES string of the molecule is C=CN1C=CC=C(C)C1. The molecule has 0 aliphatic carbocycles. The minimum Gasteiger partial charge on any atom is -0.351 e. The Morgan fingerprint density at radius 1 is 1.78 bits per heavy atom. The van der Waals surface area contributed by atoms with Crippen molar-refractivity contribution in [2.24, 2.45) is 0 Å². The molecule has 1 rings (SSSR count). The standard InChI is InChI=1S/C8H11N/c1-3-9-6-4-5-8(2)7-9/h3-6H,1,7H2,2H3. The molecule has 0 atom stereocenters. The maximum absolute atomic E-state index is 3.67. The van der Waals surface area contributed by atoms with Crippen LogP contribution in [0.25, 0.3) is 0 Å². The molecule has 0 fully saturated rings. The van der Waals surface area contributed by atoms with Crippen LogP contribution in [-0.4, -0.2) is 11.4 Å². The van der Waals surface area contributed by atoms with Crippen LogP contribution in [0.15, 0.2) is 36.7 Å². The first-order valence-electron chi connectivity index (χ1n) is 3.05. The fraction of sp³-hybridized carbons (Fsp3) is 0.250. The van der Waals surface area contributed by atoms with Gasteiger partial charge in [0.15, 0.2) is 0 Å². The topological polar surface area (TPSA) is 3.24 Å². The van der Waals surface area contributed by atoms with Crippen LogP contribution in [-0.2, 0) is 0 Å². The summed E-state index contributed by atoms with van der Waals surface area (Å²) >= 11 is 0. The lowest BCUT2D eigenvalue weighted by molar-refractivity contribution is 0.545. The van der Waals surface area contributed by atoms with Crippen molar-refractivity contribution in [2.45, 2.75) is 6.92 Å². The van der Waals surface area contributed by atoms with Gasteiger partial charge in [0.1, 0.15) is 0 Å². The van der Waals surface area contributed by atoms with Gasteiger partial charge in [-0.2, -0.15) is 0 Å². The van der Waals surface area contributed by atoms with Gasteiger partial charge in [-0.15, -0.1) is 0 Å². The van der Waals surface area contributed by atoms with E-state index >= 15 is 0 Å². The molecule has 0 spiro atoms. The molecular formula is C8H11N. The van der Waals surface area contributed by atoms with Crippen LogP contribution in [0.3, 0.4) is 0 Å². The summed E-state index contributed by atoms with van der Waals surface area (Å²) in [7, 11) is 0. The van der Waals surface area contributed by atoms with Crippen molar-refractivity contribution >= 4 is 0 Å². The van der Waals surface area contributed by atoms with Gasteiger partial charge in [0, 0.05) is 12.7 Å². The predicted molar refractivity (Wildman–Crippen MR) is 39.8 cm³/mol. The van der Waals surface area contributed by atoms with E-state index in [0.29, 0.717) is 0 Å². The Kier molecular flexibility index (Phi) is 1.73. The van der Waals surface area contributed by atoms with Gasteiger partial charge in [0.25, 0.3) is 0 Å². The van der Waals surface area contributed by atoms with Crippen LogP contribution in [0.1, 0.15) is 6.92 Å². The number of hydrogen-bond acceptors (Lipinski definition) is 1. The highest BCUT2D eigenvalue weighted by Gasteiger charge is 1.97. The van der Waals surface area contributed by atoms with Crippen molar-refractivity contribution < 1.29 is 0 Å². The molecule has 0 saturated heterocycles. The second-order valence-electron chi connectivity index (χ2n) is 2.21. The Bertz CT molecular complexity index is 165. The van der Waals surface area contributed by atoms with Crippen LogP contribution in [0.2, 0.25) is 0 Å². The van der Waals surface area contributed by atoms with Crippen molar-refractivity contribution in [3.63, 3.8) is 0 Å². The lowest BCUT2D eigenvalue weighted by atomic mass is 10.2. The molecule has 0 N–H and O–H groups in total. The lowest BCUT2D eigenvalue weighted by Gasteiger charge is -2.17. The van der Waals surface area contributed by atoms with Gasteiger partial charge in [-0.1, -0.05) is 18.2 Å². The van der Waals surface area contributed by atoms with Crippen LogP contribution >= 0.6 is 0 Å². The molecular weight excluding hydrogens is 110 g/mol. The molecule has 0 saturated carbocycles. The van der Waals surface area contributed by atoms with E-state index in [1.165, 1.54) is 5.57 Å². The molecule has 0 aromatic rings. The summed E-state index contributed by atoms with van der Waals surface area (Å²) in [6, 6.07) is 0. The Labute approximate surface area is 56.0 Å². The van der Waals surface area contributed by atoms with Crippen molar-refractivity contribution in [2.75, 3.05) is 6.54 Å². The molecule has 1 nitrogen and oxygen atoms in total. The number of hydrogen-bond donors (Lipinski definition) is 0. The monoisotopic (exact) mass is 121 g/mol. The highest BCUT2D eigenvalue weighted by molar-refractivity contribution is 5.17. The van der Waals surface area contributed by atoms with Crippen LogP contribution in [0, 0.1) is 0 Å². The Morgan fingerprint density at radius 3 is 3.00 bits per heavy atom. The van der Waals surface area contributed by atoms with E-state index in [2.05, 4.69) is 24.5 Å². The first kappa shape index (κ1) is 6.14. The number of rotatable bonds is 1. The highest BCUT2D eigenvalue weighted by Crippen LogP contribution is 2.05. The fourth-order valence-corrected chi connectivity index (χ4v) is 0.837. The maximum Gasteiger partial charge on any atom is 0.0429 e. The van der Waals surface area contributed by atoms with Gasteiger partial charge in [-0.05, 0) is 19.2 Å². The molecule has 0 unspecified atom stereocenters. The molecule has 0 radical (unpaired) electrons. The largest absolute Gasteiger partial charge is 0.351 e. The van der Waals surface area contributed by atoms with Gasteiger partial charge in [-0.25, -0.2) is 0 Å². The van der Waals surface area contributed by atoms with Gasteiger partial charge in [-0.3, -0.25) is 0 Å². The van der Waals surface area contributed by atoms with E-state index in [-0.39, 0.29) is 0 Å². The molecule has 1 aliphatic rings. The van der Waals surface area contributed by atoms with Gasteiger partial charge < -0.3 is 4.90 Å². The summed E-state index contributed by atoms with van der Waals surface area (Å²) in [4.78, 5) is 2.05. The van der Waals surface area contributed by atoms with Crippen molar-refractivity contribution in [3.8, 4) is 0 Å². The van der Waals surface area contributed by atoms with E-state index in [1.807, 2.05) is 18.5 Å². The normalized spacial score (nSPS) is 17.4. The predicted octanol–water partition coefficient (Wildman–Crippen LogP) is 1.91. The molecule has 48 valence electrons. The van der Waals surface area contributed by atoms with E-state index in [4.69, 9.17) is 0 Å². The summed E-state index contributed by atoms with van der Waals surface area (Å²) in [6.07, 6.45) is 7.98. The average Bonchev–Trinajstić information content (AvgIpc) is 1.88. The van der Waals surface area contributed by atoms with Crippen LogP contribution < -0.4 is 0 Å². The summed E-state index contributed by atoms with van der Waals surface area (Å²) in [5, 5.41) is 0. The molecule has 1 heteroatoms. The number of allylic oxidation sites excluding steroid dienone is 2. The third-order valence-corrected chi connectivity index (χ3v) is 1.32. The lowest BCUT2D eigenvalue weighted by Crippen LogP contribution is -2.13. The summed E-state index contributed by atoms with van der Waals surface area (Å²) in [6.45, 7) is 6.76. The summed E-state index contributed by atoms with van der Waals surface area (Å²) in [5.74, 6) is 0. The minimum absolute atomic E-state index is 0.986. The number of nitrogens with zero attached hydrogens (tertiary/aromatic N) is 1. The molecule has 0 aromatic heterocycles. The second kappa shape index (κ2) is 2.53. The highest BCUT2D eigenvalue weighted by atomic mass is 15.1.